The van der Waals surface area contributed by atoms with Crippen molar-refractivity contribution in [1.29, 1.82) is 5.26 Å². The third-order valence-electron chi connectivity index (χ3n) is 1.53. The fourth-order valence-electron chi connectivity index (χ4n) is 0.952. The number of hydrogen-bond acceptors (Lipinski definition) is 2. The van der Waals surface area contributed by atoms with E-state index in [-0.39, 0.29) is 17.5 Å². The van der Waals surface area contributed by atoms with E-state index in [0.717, 1.165) is 0 Å². The smallest absolute Gasteiger partial charge is 0.226 e. The predicted molar refractivity (Wildman–Crippen MR) is 45.7 cm³/mol. The molecular weight excluding hydrogens is 193 g/mol. The lowest BCUT2D eigenvalue weighted by Crippen LogP contribution is -1.98. The summed E-state index contributed by atoms with van der Waals surface area (Å²) in [6, 6.07) is 5.96. The van der Waals surface area contributed by atoms with E-state index in [1.54, 1.807) is 6.07 Å². The Morgan fingerprint density at radius 1 is 1.62 bits per heavy atom. The molecule has 0 heterocycles. The third kappa shape index (κ3) is 2.27. The van der Waals surface area contributed by atoms with Crippen molar-refractivity contribution in [2.45, 2.75) is 6.42 Å². The minimum atomic E-state index is -0.668. The molecule has 13 heavy (non-hydrogen) atoms. The summed E-state index contributed by atoms with van der Waals surface area (Å²) in [4.78, 5) is 10.5. The number of benzene rings is 1. The van der Waals surface area contributed by atoms with E-state index < -0.39 is 11.1 Å². The maximum absolute atomic E-state index is 13.2. The first-order chi connectivity index (χ1) is 6.15. The van der Waals surface area contributed by atoms with Gasteiger partial charge in [0.05, 0.1) is 5.56 Å². The van der Waals surface area contributed by atoms with E-state index in [2.05, 4.69) is 0 Å². The first kappa shape index (κ1) is 9.69. The molecule has 0 atom stereocenters. The zero-order valence-corrected chi connectivity index (χ0v) is 7.31. The summed E-state index contributed by atoms with van der Waals surface area (Å²) < 4.78 is 13.2. The number of carbonyl (C=O) groups excluding carboxylic acids is 1. The number of nitriles is 1. The van der Waals surface area contributed by atoms with E-state index >= 15 is 0 Å². The highest BCUT2D eigenvalue weighted by Crippen LogP contribution is 2.13. The summed E-state index contributed by atoms with van der Waals surface area (Å²) >= 11 is 5.09. The maximum atomic E-state index is 13.2. The second-order valence-electron chi connectivity index (χ2n) is 2.42. The minimum absolute atomic E-state index is 0.0737. The van der Waals surface area contributed by atoms with Crippen molar-refractivity contribution in [3.05, 3.63) is 35.1 Å². The summed E-state index contributed by atoms with van der Waals surface area (Å²) in [6.45, 7) is 0. The molecular formula is C9H5ClFNO. The summed E-state index contributed by atoms with van der Waals surface area (Å²) in [5, 5.41) is 7.82. The van der Waals surface area contributed by atoms with Gasteiger partial charge in [0.25, 0.3) is 0 Å². The molecule has 4 heteroatoms. The Hall–Kier alpha value is -1.40. The normalized spacial score (nSPS) is 9.31. The van der Waals surface area contributed by atoms with Crippen molar-refractivity contribution in [3.63, 3.8) is 0 Å². The molecule has 0 saturated carbocycles. The third-order valence-corrected chi connectivity index (χ3v) is 1.66. The molecule has 0 bridgehead atoms. The summed E-state index contributed by atoms with van der Waals surface area (Å²) in [5.74, 6) is -0.668. The van der Waals surface area contributed by atoms with E-state index in [1.165, 1.54) is 18.2 Å². The van der Waals surface area contributed by atoms with Crippen LogP contribution in [0.3, 0.4) is 0 Å². The highest BCUT2D eigenvalue weighted by molar-refractivity contribution is 6.63. The van der Waals surface area contributed by atoms with Crippen LogP contribution in [0.4, 0.5) is 4.39 Å². The van der Waals surface area contributed by atoms with Gasteiger partial charge in [0.1, 0.15) is 11.9 Å². The van der Waals surface area contributed by atoms with Crippen LogP contribution >= 0.6 is 11.6 Å². The molecule has 0 N–H and O–H groups in total. The average molecular weight is 198 g/mol. The van der Waals surface area contributed by atoms with Gasteiger partial charge >= 0.3 is 0 Å². The zero-order valence-electron chi connectivity index (χ0n) is 6.55. The molecule has 66 valence electrons. The van der Waals surface area contributed by atoms with E-state index in [9.17, 15) is 9.18 Å². The van der Waals surface area contributed by atoms with Crippen molar-refractivity contribution in [1.82, 2.24) is 0 Å². The molecule has 0 aliphatic carbocycles. The summed E-state index contributed by atoms with van der Waals surface area (Å²) in [5.41, 5.74) is 0.0782. The van der Waals surface area contributed by atoms with Crippen LogP contribution in [-0.4, -0.2) is 5.24 Å². The number of nitrogens with zero attached hydrogens (tertiary/aromatic N) is 1. The van der Waals surface area contributed by atoms with Gasteiger partial charge in [0.2, 0.25) is 5.24 Å². The first-order valence-corrected chi connectivity index (χ1v) is 3.88. The van der Waals surface area contributed by atoms with E-state index in [4.69, 9.17) is 16.9 Å². The first-order valence-electron chi connectivity index (χ1n) is 3.51. The number of rotatable bonds is 2. The van der Waals surface area contributed by atoms with Gasteiger partial charge in [-0.1, -0.05) is 12.1 Å². The predicted octanol–water partition coefficient (Wildman–Crippen LogP) is 2.01. The van der Waals surface area contributed by atoms with Gasteiger partial charge in [0.15, 0.2) is 0 Å². The molecule has 0 aromatic heterocycles. The van der Waals surface area contributed by atoms with Crippen LogP contribution in [0.1, 0.15) is 11.1 Å². The Kier molecular flexibility index (Phi) is 2.99. The van der Waals surface area contributed by atoms with E-state index in [0.29, 0.717) is 0 Å². The van der Waals surface area contributed by atoms with Crippen molar-refractivity contribution < 1.29 is 9.18 Å². The SMILES string of the molecule is N#Cc1cccc(CC(=O)Cl)c1F. The van der Waals surface area contributed by atoms with Crippen LogP contribution in [0.25, 0.3) is 0 Å². The van der Waals surface area contributed by atoms with Crippen molar-refractivity contribution in [2.75, 3.05) is 0 Å². The molecule has 0 radical (unpaired) electrons. The van der Waals surface area contributed by atoms with Crippen LogP contribution in [-0.2, 0) is 11.2 Å². The van der Waals surface area contributed by atoms with Gasteiger partial charge in [0, 0.05) is 6.42 Å². The van der Waals surface area contributed by atoms with Crippen LogP contribution < -0.4 is 0 Å². The van der Waals surface area contributed by atoms with Gasteiger partial charge in [-0.3, -0.25) is 4.79 Å². The van der Waals surface area contributed by atoms with E-state index in [1.807, 2.05) is 0 Å². The Bertz CT molecular complexity index is 384. The second kappa shape index (κ2) is 4.01. The number of carbonyl (C=O) groups is 1. The Balaban J connectivity index is 3.10. The molecule has 2 nitrogen and oxygen atoms in total. The second-order valence-corrected chi connectivity index (χ2v) is 2.84. The van der Waals surface area contributed by atoms with Gasteiger partial charge < -0.3 is 0 Å². The van der Waals surface area contributed by atoms with Gasteiger partial charge in [-0.2, -0.15) is 5.26 Å². The topological polar surface area (TPSA) is 40.9 Å². The largest absolute Gasteiger partial charge is 0.281 e. The highest BCUT2D eigenvalue weighted by atomic mass is 35.5. The Morgan fingerprint density at radius 2 is 2.31 bits per heavy atom. The molecule has 1 rings (SSSR count). The van der Waals surface area contributed by atoms with Gasteiger partial charge in [-0.25, -0.2) is 4.39 Å². The van der Waals surface area contributed by atoms with Crippen LogP contribution in [0.5, 0.6) is 0 Å². The Morgan fingerprint density at radius 3 is 2.85 bits per heavy atom. The molecule has 0 saturated heterocycles. The average Bonchev–Trinajstić information content (AvgIpc) is 2.08. The lowest BCUT2D eigenvalue weighted by atomic mass is 10.1. The summed E-state index contributed by atoms with van der Waals surface area (Å²) in [6.07, 6.45) is -0.192. The molecule has 0 spiro atoms. The van der Waals surface area contributed by atoms with Crippen LogP contribution in [0.2, 0.25) is 0 Å². The van der Waals surface area contributed by atoms with Gasteiger partial charge in [-0.15, -0.1) is 0 Å². The fraction of sp³-hybridized carbons (Fsp3) is 0.111. The van der Waals surface area contributed by atoms with Crippen LogP contribution in [0.15, 0.2) is 18.2 Å². The molecule has 0 unspecified atom stereocenters. The van der Waals surface area contributed by atoms with Crippen molar-refractivity contribution >= 4 is 16.8 Å². The zero-order chi connectivity index (χ0) is 9.84. The molecule has 0 aliphatic rings. The molecule has 0 fully saturated rings. The van der Waals surface area contributed by atoms with Crippen LogP contribution in [0, 0.1) is 17.1 Å². The number of hydrogen-bond donors (Lipinski definition) is 0. The van der Waals surface area contributed by atoms with Crippen molar-refractivity contribution in [2.24, 2.45) is 0 Å². The lowest BCUT2D eigenvalue weighted by molar-refractivity contribution is -0.111. The maximum Gasteiger partial charge on any atom is 0.226 e. The summed E-state index contributed by atoms with van der Waals surface area (Å²) in [7, 11) is 0. The molecule has 0 aliphatic heterocycles. The van der Waals surface area contributed by atoms with Crippen molar-refractivity contribution in [3.8, 4) is 6.07 Å². The molecule has 1 aromatic carbocycles. The Labute approximate surface area is 79.5 Å². The highest BCUT2D eigenvalue weighted by Gasteiger charge is 2.09. The fourth-order valence-corrected chi connectivity index (χ4v) is 1.10. The van der Waals surface area contributed by atoms with Gasteiger partial charge in [-0.05, 0) is 23.2 Å². The monoisotopic (exact) mass is 197 g/mol. The molecule has 1 aromatic rings. The number of halogens is 2. The molecule has 0 amide bonds. The quantitative estimate of drug-likeness (QED) is 0.681. The minimum Gasteiger partial charge on any atom is -0.281 e. The standard InChI is InChI=1S/C9H5ClFNO/c10-8(13)4-6-2-1-3-7(5-12)9(6)11/h1-3H,4H2. The lowest BCUT2D eigenvalue weighted by Gasteiger charge is -1.99.